The van der Waals surface area contributed by atoms with Crippen molar-refractivity contribution in [1.29, 1.82) is 5.26 Å². The molecule has 0 radical (unpaired) electrons. The van der Waals surface area contributed by atoms with E-state index in [0.29, 0.717) is 25.2 Å². The first-order chi connectivity index (χ1) is 17.2. The number of amides is 4. The molecule has 3 N–H and O–H groups in total. The van der Waals surface area contributed by atoms with Gasteiger partial charge < -0.3 is 25.8 Å². The zero-order chi connectivity index (χ0) is 25.4. The summed E-state index contributed by atoms with van der Waals surface area (Å²) in [5.41, 5.74) is 4.59. The number of piperidine rings is 1. The lowest BCUT2D eigenvalue weighted by atomic mass is 9.88. The Morgan fingerprint density at radius 2 is 1.92 bits per heavy atom. The van der Waals surface area contributed by atoms with Crippen molar-refractivity contribution in [3.63, 3.8) is 0 Å². The quantitative estimate of drug-likeness (QED) is 0.593. The average molecular weight is 504 g/mol. The van der Waals surface area contributed by atoms with Crippen LogP contribution < -0.4 is 16.0 Å². The van der Waals surface area contributed by atoms with Gasteiger partial charge in [0.05, 0.1) is 22.9 Å². The molecule has 0 saturated carbocycles. The Balaban J connectivity index is 1.32. The summed E-state index contributed by atoms with van der Waals surface area (Å²) >= 11 is 1.54. The molecule has 1 aromatic heterocycles. The van der Waals surface area contributed by atoms with E-state index in [1.807, 2.05) is 49.1 Å². The second-order valence-electron chi connectivity index (χ2n) is 9.68. The normalized spacial score (nSPS) is 20.8. The van der Waals surface area contributed by atoms with Crippen molar-refractivity contribution in [3.8, 4) is 6.07 Å². The topological polar surface area (TPSA) is 113 Å². The number of carbonyl (C=O) groups is 2. The third-order valence-electron chi connectivity index (χ3n) is 6.88. The molecular formula is C26H29N7O2S. The van der Waals surface area contributed by atoms with Gasteiger partial charge in [0.25, 0.3) is 0 Å². The molecule has 1 spiro atoms. The van der Waals surface area contributed by atoms with Gasteiger partial charge in [-0.3, -0.25) is 4.98 Å². The standard InChI is InChI=1S/C26H29N7O2S/c1-16-11-20(12-17(2)28-16)22-21(19-6-4-5-18(13-19)14-27)29-23(36-22)30-24(34)33-9-7-26(8-10-33)15-32(3)25(35)31-26/h4-6,11-13,23,29H,7-10,15H2,1-3H3,(H,30,34)(H,31,35). The molecule has 186 valence electrons. The van der Waals surface area contributed by atoms with Gasteiger partial charge in [0.2, 0.25) is 0 Å². The van der Waals surface area contributed by atoms with E-state index in [1.54, 1.807) is 29.8 Å². The molecule has 2 fully saturated rings. The molecule has 2 saturated heterocycles. The highest BCUT2D eigenvalue weighted by atomic mass is 32.2. The molecule has 36 heavy (non-hydrogen) atoms. The number of aryl methyl sites for hydroxylation is 2. The summed E-state index contributed by atoms with van der Waals surface area (Å²) in [5, 5.41) is 19.1. The molecule has 5 rings (SSSR count). The number of carbonyl (C=O) groups excluding carboxylic acids is 2. The minimum Gasteiger partial charge on any atom is -0.355 e. The summed E-state index contributed by atoms with van der Waals surface area (Å²) in [6, 6.07) is 13.5. The number of hydrogen-bond donors (Lipinski definition) is 3. The Morgan fingerprint density at radius 1 is 1.19 bits per heavy atom. The van der Waals surface area contributed by atoms with Crippen molar-refractivity contribution in [2.75, 3.05) is 26.7 Å². The van der Waals surface area contributed by atoms with Crippen LogP contribution in [0.1, 0.15) is 40.9 Å². The molecular weight excluding hydrogens is 474 g/mol. The highest BCUT2D eigenvalue weighted by Crippen LogP contribution is 2.42. The van der Waals surface area contributed by atoms with Gasteiger partial charge in [0.1, 0.15) is 0 Å². The fraction of sp³-hybridized carbons (Fsp3) is 0.385. The summed E-state index contributed by atoms with van der Waals surface area (Å²) in [4.78, 5) is 34.1. The SMILES string of the molecule is Cc1cc(C2=C(c3cccc(C#N)c3)NC(NC(=O)N3CCC4(CC3)CN(C)C(=O)N4)S2)cc(C)n1. The summed E-state index contributed by atoms with van der Waals surface area (Å²) in [7, 11) is 1.80. The maximum atomic E-state index is 13.2. The molecule has 3 aliphatic heterocycles. The third-order valence-corrected chi connectivity index (χ3v) is 8.03. The molecule has 9 nitrogen and oxygen atoms in total. The van der Waals surface area contributed by atoms with Crippen LogP contribution in [0, 0.1) is 25.2 Å². The zero-order valence-corrected chi connectivity index (χ0v) is 21.4. The van der Waals surface area contributed by atoms with Crippen LogP contribution in [0.25, 0.3) is 10.6 Å². The summed E-state index contributed by atoms with van der Waals surface area (Å²) in [6.45, 7) is 5.76. The number of nitrogens with one attached hydrogen (secondary N) is 3. The molecule has 2 aromatic rings. The van der Waals surface area contributed by atoms with Gasteiger partial charge in [-0.05, 0) is 56.5 Å². The lowest BCUT2D eigenvalue weighted by Crippen LogP contribution is -2.56. The van der Waals surface area contributed by atoms with E-state index < -0.39 is 0 Å². The molecule has 3 aliphatic rings. The van der Waals surface area contributed by atoms with Crippen LogP contribution in [0.4, 0.5) is 9.59 Å². The Bertz CT molecular complexity index is 1270. The van der Waals surface area contributed by atoms with Gasteiger partial charge in [-0.25, -0.2) is 9.59 Å². The van der Waals surface area contributed by atoms with Crippen LogP contribution >= 0.6 is 11.8 Å². The van der Waals surface area contributed by atoms with Gasteiger partial charge >= 0.3 is 12.1 Å². The van der Waals surface area contributed by atoms with Crippen LogP contribution in [0.2, 0.25) is 0 Å². The number of rotatable bonds is 3. The molecule has 0 aliphatic carbocycles. The Labute approximate surface area is 214 Å². The molecule has 1 atom stereocenters. The first-order valence-corrected chi connectivity index (χ1v) is 12.9. The van der Waals surface area contributed by atoms with E-state index in [-0.39, 0.29) is 23.1 Å². The van der Waals surface area contributed by atoms with E-state index in [1.165, 1.54) is 0 Å². The van der Waals surface area contributed by atoms with Crippen LogP contribution in [-0.2, 0) is 0 Å². The highest BCUT2D eigenvalue weighted by molar-refractivity contribution is 8.09. The van der Waals surface area contributed by atoms with E-state index in [0.717, 1.165) is 46.0 Å². The fourth-order valence-corrected chi connectivity index (χ4v) is 6.24. The number of aromatic nitrogens is 1. The highest BCUT2D eigenvalue weighted by Gasteiger charge is 2.44. The van der Waals surface area contributed by atoms with E-state index >= 15 is 0 Å². The third kappa shape index (κ3) is 4.71. The fourth-order valence-electron chi connectivity index (χ4n) is 5.12. The number of nitrogens with zero attached hydrogens (tertiary/aromatic N) is 4. The number of urea groups is 2. The first kappa shape index (κ1) is 24.0. The molecule has 10 heteroatoms. The van der Waals surface area contributed by atoms with Crippen molar-refractivity contribution < 1.29 is 9.59 Å². The van der Waals surface area contributed by atoms with Crippen LogP contribution in [0.3, 0.4) is 0 Å². The number of pyridine rings is 1. The Kier molecular flexibility index (Phi) is 6.26. The molecule has 4 amide bonds. The second-order valence-corrected chi connectivity index (χ2v) is 10.8. The number of likely N-dealkylation sites (N-methyl/N-ethyl adjacent to an activating group) is 1. The minimum absolute atomic E-state index is 0.0485. The molecule has 1 unspecified atom stereocenters. The van der Waals surface area contributed by atoms with Crippen molar-refractivity contribution in [2.45, 2.75) is 37.7 Å². The maximum Gasteiger partial charge on any atom is 0.319 e. The predicted octanol–water partition coefficient (Wildman–Crippen LogP) is 3.22. The van der Waals surface area contributed by atoms with Gasteiger partial charge in [-0.1, -0.05) is 23.9 Å². The average Bonchev–Trinajstić information content (AvgIpc) is 3.39. The Morgan fingerprint density at radius 3 is 2.56 bits per heavy atom. The monoisotopic (exact) mass is 503 g/mol. The molecule has 4 heterocycles. The number of likely N-dealkylation sites (tertiary alicyclic amines) is 1. The lowest BCUT2D eigenvalue weighted by molar-refractivity contribution is 0.152. The van der Waals surface area contributed by atoms with Crippen molar-refractivity contribution in [3.05, 3.63) is 64.5 Å². The predicted molar refractivity (Wildman–Crippen MR) is 139 cm³/mol. The van der Waals surface area contributed by atoms with Gasteiger partial charge in [-0.15, -0.1) is 0 Å². The number of thioether (sulfide) groups is 1. The number of hydrogen-bond acceptors (Lipinski definition) is 6. The van der Waals surface area contributed by atoms with E-state index in [9.17, 15) is 14.9 Å². The van der Waals surface area contributed by atoms with Gasteiger partial charge in [0, 0.05) is 48.5 Å². The Hall–Kier alpha value is -3.71. The second kappa shape index (κ2) is 9.39. The largest absolute Gasteiger partial charge is 0.355 e. The number of nitriles is 1. The van der Waals surface area contributed by atoms with Crippen molar-refractivity contribution >= 4 is 34.4 Å². The van der Waals surface area contributed by atoms with Crippen LogP contribution in [0.15, 0.2) is 36.4 Å². The van der Waals surface area contributed by atoms with Gasteiger partial charge in [-0.2, -0.15) is 5.26 Å². The number of benzene rings is 1. The molecule has 1 aromatic carbocycles. The van der Waals surface area contributed by atoms with E-state index in [2.05, 4.69) is 27.0 Å². The minimum atomic E-state index is -0.366. The van der Waals surface area contributed by atoms with E-state index in [4.69, 9.17) is 0 Å². The smallest absolute Gasteiger partial charge is 0.319 e. The van der Waals surface area contributed by atoms with Gasteiger partial charge in [0.15, 0.2) is 5.50 Å². The summed E-state index contributed by atoms with van der Waals surface area (Å²) < 4.78 is 0. The van der Waals surface area contributed by atoms with Crippen LogP contribution in [0.5, 0.6) is 0 Å². The maximum absolute atomic E-state index is 13.2. The lowest BCUT2D eigenvalue weighted by Gasteiger charge is -2.38. The van der Waals surface area contributed by atoms with Crippen LogP contribution in [-0.4, -0.2) is 64.6 Å². The molecule has 0 bridgehead atoms. The summed E-state index contributed by atoms with van der Waals surface area (Å²) in [6.07, 6.45) is 1.46. The first-order valence-electron chi connectivity index (χ1n) is 12.0. The summed E-state index contributed by atoms with van der Waals surface area (Å²) in [5.74, 6) is 0. The van der Waals surface area contributed by atoms with Crippen molar-refractivity contribution in [1.82, 2.24) is 30.7 Å². The zero-order valence-electron chi connectivity index (χ0n) is 20.6. The van der Waals surface area contributed by atoms with Crippen molar-refractivity contribution in [2.24, 2.45) is 0 Å².